The number of nitrogens with two attached hydrogens (primary N) is 1. The first-order chi connectivity index (χ1) is 25.1. The number of benzene rings is 2. The molecule has 0 bridgehead atoms. The minimum Gasteiger partial charge on any atom is -0.351 e. The van der Waals surface area contributed by atoms with E-state index in [0.29, 0.717) is 6.54 Å². The van der Waals surface area contributed by atoms with Gasteiger partial charge in [-0.15, -0.1) is 5.06 Å². The molecule has 0 unspecified atom stereocenters. The first-order valence-electron chi connectivity index (χ1n) is 14.2. The maximum Gasteiger partial charge on any atom is 0.370 e. The quantitative estimate of drug-likeness (QED) is 0.0519. The highest BCUT2D eigenvalue weighted by Crippen LogP contribution is 2.32. The van der Waals surface area contributed by atoms with Crippen LogP contribution in [0.1, 0.15) is 33.6 Å². The molecule has 298 valence electrons. The molecular weight excluding hydrogens is 817 g/mol. The molecule has 0 spiro atoms. The smallest absolute Gasteiger partial charge is 0.351 e. The Bertz CT molecular complexity index is 1720. The summed E-state index contributed by atoms with van der Waals surface area (Å²) < 4.78 is 108. The summed E-state index contributed by atoms with van der Waals surface area (Å²) in [6.07, 6.45) is -0.592. The van der Waals surface area contributed by atoms with Crippen molar-refractivity contribution in [1.29, 1.82) is 0 Å². The van der Waals surface area contributed by atoms with Crippen LogP contribution in [-0.2, 0) is 14.4 Å². The van der Waals surface area contributed by atoms with Crippen molar-refractivity contribution in [2.45, 2.75) is 17.1 Å². The van der Waals surface area contributed by atoms with Crippen molar-refractivity contribution < 1.29 is 59.1 Å². The second-order valence-electron chi connectivity index (χ2n) is 10.2. The second kappa shape index (κ2) is 23.9. The minimum atomic E-state index is -2.20. The molecule has 1 aliphatic rings. The number of alkyl halides is 3. The molecule has 3 N–H and O–H groups in total. The molecule has 16 nitrogen and oxygen atoms in total. The van der Waals surface area contributed by atoms with Crippen LogP contribution in [0.2, 0.25) is 0 Å². The number of hydrogen-bond acceptors (Lipinski definition) is 10. The maximum atomic E-state index is 13.7. The Labute approximate surface area is 314 Å². The summed E-state index contributed by atoms with van der Waals surface area (Å²) >= 11 is 14.4. The summed E-state index contributed by atoms with van der Waals surface area (Å²) in [6, 6.07) is 0. The molecule has 27 heteroatoms. The molecule has 0 saturated carbocycles. The summed E-state index contributed by atoms with van der Waals surface area (Å²) in [6.45, 7) is 2.12. The van der Waals surface area contributed by atoms with Crippen LogP contribution < -0.4 is 11.1 Å². The fraction of sp³-hybridized carbons (Fsp3) is 0.407. The number of rotatable bonds is 10. The fourth-order valence-corrected chi connectivity index (χ4v) is 3.41. The zero-order chi connectivity index (χ0) is 42.0. The average Bonchev–Trinajstić information content (AvgIpc) is 3.39. The molecule has 2 aromatic carbocycles. The lowest BCUT2D eigenvalue weighted by Gasteiger charge is -2.14. The van der Waals surface area contributed by atoms with E-state index in [4.69, 9.17) is 51.6 Å². The Hall–Kier alpha value is -4.67. The van der Waals surface area contributed by atoms with Crippen molar-refractivity contribution in [3.63, 3.8) is 0 Å². The van der Waals surface area contributed by atoms with Crippen molar-refractivity contribution in [2.75, 3.05) is 54.4 Å². The maximum absolute atomic E-state index is 13.7. The van der Waals surface area contributed by atoms with Crippen LogP contribution in [0.5, 0.6) is 0 Å². The molecule has 0 aliphatic carbocycles. The lowest BCUT2D eigenvalue weighted by Crippen LogP contribution is -2.33. The van der Waals surface area contributed by atoms with Gasteiger partial charge in [0.05, 0.1) is 0 Å². The number of imide groups is 1. The van der Waals surface area contributed by atoms with Crippen molar-refractivity contribution in [3.8, 4) is 0 Å². The highest BCUT2D eigenvalue weighted by Gasteiger charge is 2.37. The van der Waals surface area contributed by atoms with Crippen LogP contribution >= 0.6 is 34.8 Å². The summed E-state index contributed by atoms with van der Waals surface area (Å²) in [5.41, 5.74) is 15.1. The van der Waals surface area contributed by atoms with E-state index in [9.17, 15) is 54.3 Å². The first-order valence-corrected chi connectivity index (χ1v) is 15.5. The van der Waals surface area contributed by atoms with Crippen LogP contribution in [0, 0.1) is 46.5 Å². The predicted octanol–water partition coefficient (Wildman–Crippen LogP) is 6.37. The van der Waals surface area contributed by atoms with Crippen LogP contribution in [0.3, 0.4) is 0 Å². The van der Waals surface area contributed by atoms with Gasteiger partial charge in [-0.25, -0.2) is 39.9 Å². The number of halogens is 11. The van der Waals surface area contributed by atoms with E-state index >= 15 is 0 Å². The van der Waals surface area contributed by atoms with Crippen LogP contribution in [0.4, 0.5) is 46.5 Å². The Kier molecular flexibility index (Phi) is 21.8. The molecule has 0 aromatic heterocycles. The first kappa shape index (κ1) is 49.3. The van der Waals surface area contributed by atoms with E-state index in [1.165, 1.54) is 0 Å². The van der Waals surface area contributed by atoms with Crippen molar-refractivity contribution in [3.05, 3.63) is 78.6 Å². The molecule has 1 heterocycles. The third kappa shape index (κ3) is 14.6. The SMILES string of the molecule is CN(C)CCN.CN(C)CCNC(=O)c1c(F)c(F)c(N=[N+]=[N-])c(F)c1F.ClC(Cl)Cl.[N-]=[N+]=Nc1c(F)c(F)c(C(=O)ON2C(=O)CCC2=O)c(F)c1F. The van der Waals surface area contributed by atoms with Gasteiger partial charge in [-0.2, -0.15) is 0 Å². The molecule has 1 fully saturated rings. The topological polar surface area (TPSA) is 223 Å². The third-order valence-corrected chi connectivity index (χ3v) is 5.80. The van der Waals surface area contributed by atoms with Gasteiger partial charge < -0.3 is 25.7 Å². The summed E-state index contributed by atoms with van der Waals surface area (Å²) in [4.78, 5) is 57.6. The normalized spacial score (nSPS) is 11.8. The van der Waals surface area contributed by atoms with Gasteiger partial charge >= 0.3 is 5.97 Å². The van der Waals surface area contributed by atoms with Gasteiger partial charge in [-0.3, -0.25) is 14.4 Å². The van der Waals surface area contributed by atoms with Gasteiger partial charge in [0.1, 0.15) is 22.5 Å². The van der Waals surface area contributed by atoms with Crippen molar-refractivity contribution in [1.82, 2.24) is 20.2 Å². The minimum absolute atomic E-state index is 0.0199. The van der Waals surface area contributed by atoms with E-state index in [1.807, 2.05) is 19.0 Å². The van der Waals surface area contributed by atoms with Gasteiger partial charge in [0.15, 0.2) is 50.8 Å². The Morgan fingerprint density at radius 3 is 1.41 bits per heavy atom. The molecule has 1 saturated heterocycles. The number of hydrogen-bond donors (Lipinski definition) is 2. The van der Waals surface area contributed by atoms with E-state index in [2.05, 4.69) is 30.2 Å². The molecule has 3 rings (SSSR count). The molecule has 54 heavy (non-hydrogen) atoms. The lowest BCUT2D eigenvalue weighted by atomic mass is 10.1. The van der Waals surface area contributed by atoms with Crippen LogP contribution in [0.25, 0.3) is 20.9 Å². The van der Waals surface area contributed by atoms with Crippen LogP contribution in [0.15, 0.2) is 10.2 Å². The van der Waals surface area contributed by atoms with E-state index in [-0.39, 0.29) is 24.4 Å². The Balaban J connectivity index is 0.000000835. The highest BCUT2D eigenvalue weighted by molar-refractivity contribution is 6.63. The summed E-state index contributed by atoms with van der Waals surface area (Å²) in [5, 5.41) is 7.02. The third-order valence-electron chi connectivity index (χ3n) is 5.80. The molecule has 3 amide bonds. The fourth-order valence-electron chi connectivity index (χ4n) is 3.41. The van der Waals surface area contributed by atoms with Gasteiger partial charge in [-0.05, 0) is 39.3 Å². The highest BCUT2D eigenvalue weighted by atomic mass is 35.6. The van der Waals surface area contributed by atoms with Gasteiger partial charge in [-0.1, -0.05) is 45.0 Å². The Morgan fingerprint density at radius 1 is 0.759 bits per heavy atom. The van der Waals surface area contributed by atoms with E-state index < -0.39 is 97.0 Å². The van der Waals surface area contributed by atoms with Crippen molar-refractivity contribution >= 4 is 69.9 Å². The number of nitrogens with zero attached hydrogens (tertiary/aromatic N) is 9. The number of carbonyl (C=O) groups excluding carboxylic acids is 4. The Morgan fingerprint density at radius 2 is 1.11 bits per heavy atom. The van der Waals surface area contributed by atoms with E-state index in [0.717, 1.165) is 13.1 Å². The summed E-state index contributed by atoms with van der Waals surface area (Å²) in [7, 11) is 7.41. The monoisotopic (exact) mass is 843 g/mol. The molecule has 0 radical (unpaired) electrons. The van der Waals surface area contributed by atoms with E-state index in [1.54, 1.807) is 19.0 Å². The zero-order valence-corrected chi connectivity index (χ0v) is 30.4. The number of carbonyl (C=O) groups is 4. The number of amides is 3. The second-order valence-corrected chi connectivity index (χ2v) is 12.2. The standard InChI is InChI=1S/C11H11F4N5O.C11H4F4N4O4.C4H12N2.CHCl3/c1-20(2)4-3-17-11(21)5-6(12)8(14)10(18-19-16)9(15)7(5)13;12-6-5(7(13)9(15)10(8(6)14)17-18-16)11(22)23-19-3(20)1-2-4(19)21;1-6(2)4-3-5;2-1(3)4/h3-4H2,1-2H3,(H,17,21);1-2H2;3-5H2,1-2H3;1H. The lowest BCUT2D eigenvalue weighted by molar-refractivity contribution is -0.172. The van der Waals surface area contributed by atoms with Gasteiger partial charge in [0.25, 0.3) is 17.7 Å². The molecule has 1 aliphatic heterocycles. The zero-order valence-electron chi connectivity index (χ0n) is 28.1. The van der Waals surface area contributed by atoms with Gasteiger partial charge in [0.2, 0.25) is 0 Å². The largest absolute Gasteiger partial charge is 0.370 e. The molecular formula is C27H28Cl3F8N11O5. The molecule has 2 aromatic rings. The number of likely N-dealkylation sites (N-methyl/N-ethyl adjacent to an activating group) is 2. The number of nitrogens with one attached hydrogen (secondary N) is 1. The predicted molar refractivity (Wildman–Crippen MR) is 177 cm³/mol. The summed E-state index contributed by atoms with van der Waals surface area (Å²) in [5.74, 6) is -21.6. The average molecular weight is 845 g/mol. The number of hydroxylamine groups is 2. The van der Waals surface area contributed by atoms with Crippen LogP contribution in [-0.4, -0.2) is 97.2 Å². The number of azide groups is 2. The van der Waals surface area contributed by atoms with Gasteiger partial charge in [0, 0.05) is 48.8 Å². The molecule has 0 atom stereocenters. The van der Waals surface area contributed by atoms with Crippen molar-refractivity contribution in [2.24, 2.45) is 16.0 Å².